The highest BCUT2D eigenvalue weighted by Gasteiger charge is 1.92. The summed E-state index contributed by atoms with van der Waals surface area (Å²) in [6, 6.07) is 8.12. The zero-order valence-electron chi connectivity index (χ0n) is 7.70. The number of hydrogen-bond donors (Lipinski definition) is 3. The second-order valence-corrected chi connectivity index (χ2v) is 3.74. The van der Waals surface area contributed by atoms with Gasteiger partial charge in [-0.25, -0.2) is 0 Å². The maximum absolute atomic E-state index is 5.15. The van der Waals surface area contributed by atoms with Gasteiger partial charge in [0.1, 0.15) is 0 Å². The van der Waals surface area contributed by atoms with E-state index in [9.17, 15) is 0 Å². The number of nitrogens with one attached hydrogen (secondary N) is 1. The van der Waals surface area contributed by atoms with Crippen molar-refractivity contribution in [2.24, 2.45) is 16.6 Å². The van der Waals surface area contributed by atoms with Crippen molar-refractivity contribution in [1.29, 1.82) is 0 Å². The van der Waals surface area contributed by atoms with E-state index in [4.69, 9.17) is 11.5 Å². The van der Waals surface area contributed by atoms with E-state index < -0.39 is 0 Å². The van der Waals surface area contributed by atoms with Crippen molar-refractivity contribution in [1.82, 2.24) is 5.43 Å². The smallest absolute Gasteiger partial charge is 0.208 e. The molecule has 0 aliphatic heterocycles. The molecule has 5 N–H and O–H groups in total. The van der Waals surface area contributed by atoms with Gasteiger partial charge in [-0.2, -0.15) is 0 Å². The maximum atomic E-state index is 5.15. The Bertz CT molecular complexity index is 320. The summed E-state index contributed by atoms with van der Waals surface area (Å²) in [4.78, 5) is 0. The van der Waals surface area contributed by atoms with Crippen LogP contribution in [0.25, 0.3) is 0 Å². The van der Waals surface area contributed by atoms with Crippen LogP contribution in [0.3, 0.4) is 0 Å². The van der Waals surface area contributed by atoms with Crippen LogP contribution in [0.5, 0.6) is 0 Å². The molecule has 5 heteroatoms. The van der Waals surface area contributed by atoms with E-state index >= 15 is 0 Å². The summed E-state index contributed by atoms with van der Waals surface area (Å²) in [5.41, 5.74) is 14.3. The molecule has 1 rings (SSSR count). The first-order valence-corrected chi connectivity index (χ1v) is 5.04. The molecule has 0 unspecified atom stereocenters. The Kier molecular flexibility index (Phi) is 4.25. The Morgan fingerprint density at radius 1 is 1.43 bits per heavy atom. The summed E-state index contributed by atoms with van der Waals surface area (Å²) >= 11 is 3.41. The molecule has 4 nitrogen and oxygen atoms in total. The van der Waals surface area contributed by atoms with Gasteiger partial charge in [-0.15, -0.1) is 5.10 Å². The third-order valence-corrected chi connectivity index (χ3v) is 2.12. The molecule has 0 radical (unpaired) electrons. The van der Waals surface area contributed by atoms with Gasteiger partial charge in [0.2, 0.25) is 5.96 Å². The molecule has 0 saturated heterocycles. The van der Waals surface area contributed by atoms with E-state index in [1.807, 2.05) is 12.1 Å². The van der Waals surface area contributed by atoms with Gasteiger partial charge in [0.25, 0.3) is 0 Å². The molecule has 0 aliphatic rings. The molecule has 0 aromatic heterocycles. The zero-order valence-corrected chi connectivity index (χ0v) is 9.29. The summed E-state index contributed by atoms with van der Waals surface area (Å²) < 4.78 is 1.08. The Balaban J connectivity index is 2.35. The van der Waals surface area contributed by atoms with E-state index in [1.54, 1.807) is 0 Å². The summed E-state index contributed by atoms with van der Waals surface area (Å²) in [6.07, 6.45) is 0.885. The first-order chi connectivity index (χ1) is 6.68. The minimum atomic E-state index is 0.0549. The standard InChI is InChI=1S/C9H13BrN4/c10-8-3-1-2-7(6-8)4-5-13-14-9(11)12/h1-3,6,13H,4-5H2,(H4,11,12,14). The Labute approximate surface area is 91.5 Å². The first-order valence-electron chi connectivity index (χ1n) is 4.24. The number of hydrogen-bond acceptors (Lipinski definition) is 2. The third-order valence-electron chi connectivity index (χ3n) is 1.62. The van der Waals surface area contributed by atoms with Gasteiger partial charge in [-0.05, 0) is 24.1 Å². The highest BCUT2D eigenvalue weighted by Crippen LogP contribution is 2.11. The van der Waals surface area contributed by atoms with E-state index in [1.165, 1.54) is 5.56 Å². The minimum Gasteiger partial charge on any atom is -0.369 e. The van der Waals surface area contributed by atoms with E-state index in [2.05, 4.69) is 38.6 Å². The molecule has 0 bridgehead atoms. The minimum absolute atomic E-state index is 0.0549. The normalized spacial score (nSPS) is 9.50. The van der Waals surface area contributed by atoms with Crippen LogP contribution in [0, 0.1) is 0 Å². The predicted molar refractivity (Wildman–Crippen MR) is 61.7 cm³/mol. The maximum Gasteiger partial charge on any atom is 0.208 e. The van der Waals surface area contributed by atoms with Crippen molar-refractivity contribution in [2.75, 3.05) is 6.54 Å². The van der Waals surface area contributed by atoms with Crippen molar-refractivity contribution in [3.8, 4) is 0 Å². The lowest BCUT2D eigenvalue weighted by Gasteiger charge is -2.02. The van der Waals surface area contributed by atoms with Gasteiger partial charge in [0.05, 0.1) is 0 Å². The van der Waals surface area contributed by atoms with Crippen LogP contribution in [-0.2, 0) is 6.42 Å². The molecule has 1 aromatic carbocycles. The molecule has 1 aromatic rings. The summed E-state index contributed by atoms with van der Waals surface area (Å²) in [5, 5.41) is 3.67. The summed E-state index contributed by atoms with van der Waals surface area (Å²) in [5.74, 6) is 0.0549. The molecule has 0 atom stereocenters. The number of guanidine groups is 1. The zero-order chi connectivity index (χ0) is 10.4. The average molecular weight is 257 g/mol. The predicted octanol–water partition coefficient (Wildman–Crippen LogP) is 0.770. The molecule has 0 aliphatic carbocycles. The van der Waals surface area contributed by atoms with E-state index in [-0.39, 0.29) is 5.96 Å². The average Bonchev–Trinajstić information content (AvgIpc) is 2.12. The van der Waals surface area contributed by atoms with Crippen LogP contribution in [-0.4, -0.2) is 12.5 Å². The van der Waals surface area contributed by atoms with Gasteiger partial charge in [0, 0.05) is 11.0 Å². The highest BCUT2D eigenvalue weighted by molar-refractivity contribution is 9.10. The van der Waals surface area contributed by atoms with Crippen LogP contribution in [0.4, 0.5) is 0 Å². The van der Waals surface area contributed by atoms with E-state index in [0.717, 1.165) is 10.9 Å². The molecule has 0 fully saturated rings. The fraction of sp³-hybridized carbons (Fsp3) is 0.222. The van der Waals surface area contributed by atoms with Crippen molar-refractivity contribution in [3.05, 3.63) is 34.3 Å². The first kappa shape index (κ1) is 10.8. The fourth-order valence-electron chi connectivity index (χ4n) is 1.04. The molecule has 0 saturated carbocycles. The topological polar surface area (TPSA) is 76.4 Å². The Hall–Kier alpha value is -1.23. The number of benzene rings is 1. The Morgan fingerprint density at radius 2 is 2.21 bits per heavy atom. The SMILES string of the molecule is NC(N)=NNCCc1cccc(Br)c1. The lowest BCUT2D eigenvalue weighted by atomic mass is 10.2. The van der Waals surface area contributed by atoms with Crippen molar-refractivity contribution in [2.45, 2.75) is 6.42 Å². The van der Waals surface area contributed by atoms with Crippen LogP contribution < -0.4 is 16.9 Å². The largest absolute Gasteiger partial charge is 0.369 e. The van der Waals surface area contributed by atoms with Gasteiger partial charge in [-0.1, -0.05) is 28.1 Å². The van der Waals surface area contributed by atoms with Crippen LogP contribution in [0.15, 0.2) is 33.8 Å². The molecular weight excluding hydrogens is 244 g/mol. The second-order valence-electron chi connectivity index (χ2n) is 2.82. The summed E-state index contributed by atoms with van der Waals surface area (Å²) in [6.45, 7) is 0.717. The molecule has 0 amide bonds. The molecule has 0 spiro atoms. The van der Waals surface area contributed by atoms with Crippen LogP contribution >= 0.6 is 15.9 Å². The van der Waals surface area contributed by atoms with Crippen LogP contribution in [0.1, 0.15) is 5.56 Å². The fourth-order valence-corrected chi connectivity index (χ4v) is 1.49. The number of rotatable bonds is 4. The van der Waals surface area contributed by atoms with E-state index in [0.29, 0.717) is 6.54 Å². The summed E-state index contributed by atoms with van der Waals surface area (Å²) in [7, 11) is 0. The van der Waals surface area contributed by atoms with Gasteiger partial charge >= 0.3 is 0 Å². The second kappa shape index (κ2) is 5.49. The quantitative estimate of drug-likeness (QED) is 0.323. The molecule has 76 valence electrons. The van der Waals surface area contributed by atoms with Crippen molar-refractivity contribution < 1.29 is 0 Å². The molecular formula is C9H13BrN4. The number of nitrogens with zero attached hydrogens (tertiary/aromatic N) is 1. The number of halogens is 1. The van der Waals surface area contributed by atoms with Crippen molar-refractivity contribution >= 4 is 21.9 Å². The Morgan fingerprint density at radius 3 is 2.86 bits per heavy atom. The number of nitrogens with two attached hydrogens (primary N) is 2. The monoisotopic (exact) mass is 256 g/mol. The number of hydrazone groups is 1. The lowest BCUT2D eigenvalue weighted by Crippen LogP contribution is -2.27. The van der Waals surface area contributed by atoms with Crippen LogP contribution in [0.2, 0.25) is 0 Å². The molecule has 14 heavy (non-hydrogen) atoms. The van der Waals surface area contributed by atoms with Gasteiger partial charge in [-0.3, -0.25) is 0 Å². The third kappa shape index (κ3) is 4.13. The highest BCUT2D eigenvalue weighted by atomic mass is 79.9. The van der Waals surface area contributed by atoms with Gasteiger partial charge in [0.15, 0.2) is 0 Å². The van der Waals surface area contributed by atoms with Crippen molar-refractivity contribution in [3.63, 3.8) is 0 Å². The lowest BCUT2D eigenvalue weighted by molar-refractivity contribution is 0.728. The van der Waals surface area contributed by atoms with Gasteiger partial charge < -0.3 is 16.9 Å². The molecule has 0 heterocycles.